The Hall–Kier alpha value is -5.32. The number of alkyl halides is 4. The monoisotopic (exact) mass is 1550 g/mol. The second kappa shape index (κ2) is 4.47. The largest absolute Gasteiger partial charge is 0.551 e. The Balaban J connectivity index is -0.000000225. The Morgan fingerprint density at radius 2 is 1.53 bits per heavy atom. The number of hydrogen-bond acceptors (Lipinski definition) is 1. The van der Waals surface area contributed by atoms with E-state index in [1.807, 2.05) is 0 Å². The Labute approximate surface area is 79.1 Å². The summed E-state index contributed by atoms with van der Waals surface area (Å²) in [5.74, 6) is -0.858. The smallest absolute Gasteiger partial charge is 0.297 e. The van der Waals surface area contributed by atoms with Crippen LogP contribution in [0.25, 0.3) is 0 Å². The van der Waals surface area contributed by atoms with Gasteiger partial charge in [0.2, 0.25) is 0 Å². The van der Waals surface area contributed by atoms with Gasteiger partial charge in [-0.15, -0.1) is 0 Å². The van der Waals surface area contributed by atoms with Crippen LogP contribution in [-0.2, 0) is 0 Å². The average Bonchev–Trinajstić information content (AvgIpc) is 2.60. The molecule has 2 aliphatic carbocycles. The molecule has 0 amide bonds. The molecule has 0 aromatic heterocycles. The Morgan fingerprint density at radius 1 is 1.05 bits per heavy atom. The molecule has 0 heterocycles. The Bertz CT molecular complexity index is 255. The van der Waals surface area contributed by atoms with Crippen molar-refractivity contribution < 1.29 is 22.7 Å². The second-order valence-corrected chi connectivity index (χ2v) is 4.05. The van der Waals surface area contributed by atoms with Crippen LogP contribution in [0, 0.1) is 24.4 Å². The van der Waals surface area contributed by atoms with E-state index in [2.05, 4.69) is 0 Å². The van der Waals surface area contributed by atoms with E-state index in [1.54, 1.807) is 6.42 Å². The number of aliphatic hydroxyl groups excluding tert-OH is 1. The third-order valence-electron chi connectivity index (χ3n) is 3.16. The first kappa shape index (κ1) is 23.5. The van der Waals surface area contributed by atoms with Crippen molar-refractivity contribution in [3.05, 3.63) is 12.5 Å². The second-order valence-electron chi connectivity index (χ2n) is 4.05. The van der Waals surface area contributed by atoms with Gasteiger partial charge < -0.3 is 11.5 Å². The van der Waals surface area contributed by atoms with Gasteiger partial charge in [0, 0.05) is 0 Å². The van der Waals surface area contributed by atoms with Crippen LogP contribution in [0.3, 0.4) is 0 Å². The summed E-state index contributed by atoms with van der Waals surface area (Å²) < 4.78 is 50.2. The summed E-state index contributed by atoms with van der Waals surface area (Å²) in [6.45, 7) is 0. The topological polar surface area (TPSA) is 20.2 Å². The van der Waals surface area contributed by atoms with Crippen LogP contribution < -0.4 is 0 Å². The molecule has 0 radical (unpaired) electrons. The molecular weight excluding hydrogens is 1540 g/mol. The maximum absolute atomic E-state index is 13.9. The fourth-order valence-corrected chi connectivity index (χ4v) is 2.51. The van der Waals surface area contributed by atoms with Crippen molar-refractivity contribution in [1.82, 2.24) is 0 Å². The summed E-state index contributed by atoms with van der Waals surface area (Å²) >= 11 is 0. The van der Waals surface area contributed by atoms with Crippen molar-refractivity contribution in [2.45, 2.75) is 31.1 Å². The molecule has 2 fully saturated rings. The van der Waals surface area contributed by atoms with Gasteiger partial charge in [0.15, 0.2) is 0 Å². The van der Waals surface area contributed by atoms with Crippen LogP contribution in [0.15, 0.2) is 0 Å². The predicted octanol–water partition coefficient (Wildman–Crippen LogP) is 2.80. The van der Waals surface area contributed by atoms with Crippen LogP contribution in [0.5, 0.6) is 0 Å². The first-order chi connectivity index (χ1) is 6.34. The van der Waals surface area contributed by atoms with E-state index in [1.165, 1.54) is 0 Å². The molecule has 0 saturated heterocycles. The molecule has 0 aliphatic heterocycles. The molecule has 2 bridgehead atoms. The van der Waals surface area contributed by atoms with E-state index in [-0.39, 0.29) is 12.3 Å². The maximum Gasteiger partial charge on any atom is 0.297 e. The third kappa shape index (κ3) is 2.03. The minimum absolute atomic E-state index is 0. The number of halogens is 4. The van der Waals surface area contributed by atoms with Gasteiger partial charge in [0.25, 0.3) is 6.18 Å². The molecule has 0 spiro atoms. The van der Waals surface area contributed by atoms with E-state index in [9.17, 15) is 17.6 Å². The molecule has 2 saturated carbocycles. The van der Waals surface area contributed by atoms with Crippen LogP contribution in [0.2, 0.25) is 0 Å². The number of hydrogen-bond donors (Lipinski definition) is 1. The van der Waals surface area contributed by atoms with Gasteiger partial charge in [-0.1, -0.05) is 25.4 Å². The van der Waals surface area contributed by atoms with Crippen molar-refractivity contribution in [3.8, 4) is 0 Å². The fourth-order valence-electron chi connectivity index (χ4n) is 2.51. The van der Waals surface area contributed by atoms with E-state index in [0.29, 0.717) is 6.42 Å². The van der Waals surface area contributed by atoms with Crippen molar-refractivity contribution in [2.75, 3.05) is 0 Å². The molecular formula is C9H10F4ORf5-2. The summed E-state index contributed by atoms with van der Waals surface area (Å²) in [5, 5.41) is 8.86. The SMILES string of the molecule is O[C-](C(F)(F)F)C1(F)CC2[CH-]C1CC2.[Rf].[Rf].[Rf].[Rf].[Rf]. The minimum Gasteiger partial charge on any atom is -0.551 e. The number of aliphatic hydroxyl groups is 1. The van der Waals surface area contributed by atoms with Gasteiger partial charge in [-0.25, -0.2) is 13.2 Å². The Kier molecular flexibility index (Phi) is 5.52. The first-order valence-corrected chi connectivity index (χ1v) is 4.51. The first-order valence-electron chi connectivity index (χ1n) is 4.51. The van der Waals surface area contributed by atoms with E-state index in [0.717, 1.165) is 6.42 Å². The molecule has 1 N–H and O–H groups in total. The zero-order valence-corrected chi connectivity index (χ0v) is 42.8. The zero-order chi connectivity index (χ0) is 10.6. The summed E-state index contributed by atoms with van der Waals surface area (Å²) in [6, 6.07) is 0. The van der Waals surface area contributed by atoms with Gasteiger partial charge in [-0.05, 0) is 5.67 Å². The number of fused-ring (bicyclic) bond motifs is 2. The molecule has 0 aromatic carbocycles. The minimum atomic E-state index is -4.94. The standard InChI is InChI=1S/C9H10F4O.5Rf/c10-8(7(14)9(11,12)13)4-5-1-2-6(8)3-5;;;;;/h3,5-6,14H,1-2,4H2;;;;;/q-2;;;;;. The van der Waals surface area contributed by atoms with Gasteiger partial charge in [-0.2, -0.15) is 11.8 Å². The summed E-state index contributed by atoms with van der Waals surface area (Å²) in [4.78, 5) is 0. The molecule has 2 aliphatic rings. The zero-order valence-electron chi connectivity index (χ0n) is 10.8. The van der Waals surface area contributed by atoms with Crippen LogP contribution >= 0.6 is 0 Å². The molecule has 1 nitrogen and oxygen atoms in total. The quantitative estimate of drug-likeness (QED) is 0.317. The molecule has 2 rings (SSSR count). The fraction of sp³-hybridized carbons (Fsp3) is 0.778. The molecule has 3 atom stereocenters. The summed E-state index contributed by atoms with van der Waals surface area (Å²) in [6.07, 6.45) is -4.37. The van der Waals surface area contributed by atoms with Crippen molar-refractivity contribution >= 4 is 0 Å². The molecule has 3 unspecified atom stereocenters. The van der Waals surface area contributed by atoms with Gasteiger partial charge in [0.1, 0.15) is 0 Å². The molecule has 10 heteroatoms. The summed E-state index contributed by atoms with van der Waals surface area (Å²) in [7, 11) is 0. The van der Waals surface area contributed by atoms with Gasteiger partial charge >= 0.3 is 0 Å². The molecule has 0 aromatic rings. The van der Waals surface area contributed by atoms with Gasteiger partial charge in [-0.3, -0.25) is 4.39 Å². The Morgan fingerprint density at radius 3 is 1.79 bits per heavy atom. The van der Waals surface area contributed by atoms with E-state index >= 15 is 0 Å². The average molecular weight is 1550 g/mol. The third-order valence-corrected chi connectivity index (χ3v) is 3.16. The van der Waals surface area contributed by atoms with Gasteiger partial charge in [0.05, 0.1) is 0 Å². The number of rotatable bonds is 1. The van der Waals surface area contributed by atoms with E-state index in [4.69, 9.17) is 5.11 Å². The maximum atomic E-state index is 13.9. The normalized spacial score (nSPS) is 31.3. The van der Waals surface area contributed by atoms with Crippen LogP contribution in [0.1, 0.15) is 19.3 Å². The van der Waals surface area contributed by atoms with Crippen LogP contribution in [0.4, 0.5) is 17.6 Å². The van der Waals surface area contributed by atoms with E-state index < -0.39 is 23.9 Å². The predicted molar refractivity (Wildman–Crippen MR) is 40.2 cm³/mol. The van der Waals surface area contributed by atoms with Crippen molar-refractivity contribution in [1.29, 1.82) is 0 Å². The van der Waals surface area contributed by atoms with Crippen LogP contribution in [-0.4, -0.2) is 17.0 Å². The molecule has 92 valence electrons. The summed E-state index contributed by atoms with van der Waals surface area (Å²) in [5.41, 5.74) is -2.55. The van der Waals surface area contributed by atoms with Crippen molar-refractivity contribution in [3.63, 3.8) is 0 Å². The van der Waals surface area contributed by atoms with Crippen molar-refractivity contribution in [2.24, 2.45) is 11.8 Å². The molecule has 19 heavy (non-hydrogen) atoms.